The number of nitrogens with one attached hydrogen (secondary N) is 2. The minimum absolute atomic E-state index is 0.0735. The molecular weight excluding hydrogens is 280 g/mol. The van der Waals surface area contributed by atoms with Gasteiger partial charge in [0.05, 0.1) is 7.11 Å². The van der Waals surface area contributed by atoms with E-state index in [9.17, 15) is 9.59 Å². The van der Waals surface area contributed by atoms with E-state index >= 15 is 0 Å². The van der Waals surface area contributed by atoms with Crippen LogP contribution in [0.1, 0.15) is 16.8 Å². The first-order valence-corrected chi connectivity index (χ1v) is 7.29. The highest BCUT2D eigenvalue weighted by Gasteiger charge is 2.31. The highest BCUT2D eigenvalue weighted by Crippen LogP contribution is 2.19. The number of amides is 1. The third-order valence-electron chi connectivity index (χ3n) is 3.99. The molecule has 0 bridgehead atoms. The normalized spacial score (nSPS) is 20.8. The Bertz CT molecular complexity index is 709. The highest BCUT2D eigenvalue weighted by atomic mass is 16.5. The predicted molar refractivity (Wildman–Crippen MR) is 83.6 cm³/mol. The fourth-order valence-corrected chi connectivity index (χ4v) is 2.85. The Morgan fingerprint density at radius 1 is 1.18 bits per heavy atom. The van der Waals surface area contributed by atoms with Crippen LogP contribution in [0.4, 0.5) is 0 Å². The molecule has 22 heavy (non-hydrogen) atoms. The second kappa shape index (κ2) is 6.15. The summed E-state index contributed by atoms with van der Waals surface area (Å²) in [7, 11) is 1.37. The molecule has 114 valence electrons. The third-order valence-corrected chi connectivity index (χ3v) is 3.99. The van der Waals surface area contributed by atoms with Crippen LogP contribution in [0.5, 0.6) is 0 Å². The number of rotatable bonds is 3. The molecule has 2 aromatic carbocycles. The van der Waals surface area contributed by atoms with E-state index in [1.165, 1.54) is 7.11 Å². The Hall–Kier alpha value is -2.40. The van der Waals surface area contributed by atoms with Crippen molar-refractivity contribution in [1.29, 1.82) is 0 Å². The Labute approximate surface area is 128 Å². The number of fused-ring (bicyclic) bond motifs is 1. The maximum atomic E-state index is 12.5. The van der Waals surface area contributed by atoms with Crippen molar-refractivity contribution in [1.82, 2.24) is 10.6 Å². The van der Waals surface area contributed by atoms with Crippen molar-refractivity contribution in [3.05, 3.63) is 48.0 Å². The highest BCUT2D eigenvalue weighted by molar-refractivity contribution is 6.07. The van der Waals surface area contributed by atoms with Gasteiger partial charge in [0, 0.05) is 18.2 Å². The summed E-state index contributed by atoms with van der Waals surface area (Å²) < 4.78 is 4.72. The summed E-state index contributed by atoms with van der Waals surface area (Å²) in [6.07, 6.45) is 0.545. The molecule has 1 heterocycles. The summed E-state index contributed by atoms with van der Waals surface area (Å²) in [5, 5.41) is 8.01. The molecule has 0 spiro atoms. The molecule has 1 aliphatic rings. The van der Waals surface area contributed by atoms with Crippen molar-refractivity contribution in [3.8, 4) is 0 Å². The van der Waals surface area contributed by atoms with Gasteiger partial charge < -0.3 is 15.4 Å². The topological polar surface area (TPSA) is 67.4 Å². The summed E-state index contributed by atoms with van der Waals surface area (Å²) in [4.78, 5) is 24.0. The second-order valence-corrected chi connectivity index (χ2v) is 5.42. The van der Waals surface area contributed by atoms with Gasteiger partial charge in [-0.1, -0.05) is 36.4 Å². The lowest BCUT2D eigenvalue weighted by atomic mass is 10.0. The maximum absolute atomic E-state index is 12.5. The molecule has 2 aromatic rings. The van der Waals surface area contributed by atoms with Crippen LogP contribution in [0.25, 0.3) is 10.8 Å². The number of hydrogen-bond donors (Lipinski definition) is 2. The van der Waals surface area contributed by atoms with Gasteiger partial charge in [-0.2, -0.15) is 0 Å². The molecule has 0 saturated carbocycles. The Kier molecular flexibility index (Phi) is 4.06. The van der Waals surface area contributed by atoms with E-state index in [0.29, 0.717) is 18.5 Å². The number of esters is 1. The van der Waals surface area contributed by atoms with Gasteiger partial charge in [0.1, 0.15) is 6.04 Å². The van der Waals surface area contributed by atoms with Crippen LogP contribution in [0.2, 0.25) is 0 Å². The van der Waals surface area contributed by atoms with E-state index in [-0.39, 0.29) is 24.0 Å². The van der Waals surface area contributed by atoms with Gasteiger partial charge in [0.25, 0.3) is 5.91 Å². The van der Waals surface area contributed by atoms with Crippen LogP contribution in [-0.2, 0) is 9.53 Å². The summed E-state index contributed by atoms with van der Waals surface area (Å²) in [6, 6.07) is 13.1. The zero-order valence-corrected chi connectivity index (χ0v) is 12.3. The Morgan fingerprint density at radius 2 is 1.95 bits per heavy atom. The van der Waals surface area contributed by atoms with E-state index in [0.717, 1.165) is 10.8 Å². The first kappa shape index (κ1) is 14.5. The fraction of sp³-hybridized carbons (Fsp3) is 0.294. The number of methoxy groups -OCH3 is 1. The molecule has 3 rings (SSSR count). The first-order chi connectivity index (χ1) is 10.7. The van der Waals surface area contributed by atoms with E-state index in [4.69, 9.17) is 4.74 Å². The number of benzene rings is 2. The van der Waals surface area contributed by atoms with Gasteiger partial charge in [-0.15, -0.1) is 0 Å². The number of carbonyl (C=O) groups is 2. The van der Waals surface area contributed by atoms with Crippen molar-refractivity contribution in [2.75, 3.05) is 13.7 Å². The van der Waals surface area contributed by atoms with Crippen molar-refractivity contribution in [2.24, 2.45) is 0 Å². The fourth-order valence-electron chi connectivity index (χ4n) is 2.85. The molecular formula is C17H18N2O3. The average molecular weight is 298 g/mol. The summed E-state index contributed by atoms with van der Waals surface area (Å²) >= 11 is 0. The van der Waals surface area contributed by atoms with Crippen LogP contribution >= 0.6 is 0 Å². The molecule has 1 amide bonds. The third kappa shape index (κ3) is 2.80. The predicted octanol–water partition coefficient (Wildman–Crippen LogP) is 1.47. The standard InChI is InChI=1S/C17H18N2O3/c1-22-17(21)15-9-12(10-18-15)19-16(20)14-8-4-6-11-5-2-3-7-13(11)14/h2-8,12,15,18H,9-10H2,1H3,(H,19,20)/t12-,15-/m0/s1. The van der Waals surface area contributed by atoms with Crippen LogP contribution in [-0.4, -0.2) is 37.6 Å². The van der Waals surface area contributed by atoms with Gasteiger partial charge in [-0.3, -0.25) is 9.59 Å². The van der Waals surface area contributed by atoms with Crippen LogP contribution in [0, 0.1) is 0 Å². The molecule has 1 fully saturated rings. The number of hydrogen-bond acceptors (Lipinski definition) is 4. The SMILES string of the molecule is COC(=O)[C@@H]1C[C@H](NC(=O)c2cccc3ccccc23)CN1. The van der Waals surface area contributed by atoms with Gasteiger partial charge in [0.15, 0.2) is 0 Å². The summed E-state index contributed by atoms with van der Waals surface area (Å²) in [6.45, 7) is 0.566. The molecule has 1 aliphatic heterocycles. The zero-order valence-electron chi connectivity index (χ0n) is 12.3. The van der Waals surface area contributed by atoms with Crippen molar-refractivity contribution < 1.29 is 14.3 Å². The van der Waals surface area contributed by atoms with Crippen molar-refractivity contribution in [2.45, 2.75) is 18.5 Å². The molecule has 5 nitrogen and oxygen atoms in total. The van der Waals surface area contributed by atoms with Gasteiger partial charge >= 0.3 is 5.97 Å². The maximum Gasteiger partial charge on any atom is 0.322 e. The van der Waals surface area contributed by atoms with E-state index in [1.807, 2.05) is 42.5 Å². The smallest absolute Gasteiger partial charge is 0.322 e. The second-order valence-electron chi connectivity index (χ2n) is 5.42. The van der Waals surface area contributed by atoms with E-state index in [1.54, 1.807) is 0 Å². The summed E-state index contributed by atoms with van der Waals surface area (Å²) in [5.41, 5.74) is 0.652. The molecule has 0 aromatic heterocycles. The monoisotopic (exact) mass is 298 g/mol. The van der Waals surface area contributed by atoms with Crippen LogP contribution in [0.3, 0.4) is 0 Å². The molecule has 0 radical (unpaired) electrons. The molecule has 0 unspecified atom stereocenters. The molecule has 2 N–H and O–H groups in total. The zero-order chi connectivity index (χ0) is 15.5. The van der Waals surface area contributed by atoms with Crippen LogP contribution < -0.4 is 10.6 Å². The first-order valence-electron chi connectivity index (χ1n) is 7.29. The lowest BCUT2D eigenvalue weighted by Gasteiger charge is -2.13. The average Bonchev–Trinajstić information content (AvgIpc) is 3.02. The number of ether oxygens (including phenoxy) is 1. The Morgan fingerprint density at radius 3 is 2.77 bits per heavy atom. The van der Waals surface area contributed by atoms with Gasteiger partial charge in [-0.25, -0.2) is 0 Å². The largest absolute Gasteiger partial charge is 0.468 e. The molecule has 0 aliphatic carbocycles. The minimum Gasteiger partial charge on any atom is -0.468 e. The Balaban J connectivity index is 1.73. The quantitative estimate of drug-likeness (QED) is 0.842. The molecule has 1 saturated heterocycles. The van der Waals surface area contributed by atoms with E-state index in [2.05, 4.69) is 10.6 Å². The van der Waals surface area contributed by atoms with Gasteiger partial charge in [0.2, 0.25) is 0 Å². The molecule has 5 heteroatoms. The molecule has 2 atom stereocenters. The minimum atomic E-state index is -0.345. The summed E-state index contributed by atoms with van der Waals surface area (Å²) in [5.74, 6) is -0.406. The van der Waals surface area contributed by atoms with Crippen LogP contribution in [0.15, 0.2) is 42.5 Å². The van der Waals surface area contributed by atoms with Crippen molar-refractivity contribution >= 4 is 22.6 Å². The van der Waals surface area contributed by atoms with Crippen molar-refractivity contribution in [3.63, 3.8) is 0 Å². The number of carbonyl (C=O) groups excluding carboxylic acids is 2. The lowest BCUT2D eigenvalue weighted by Crippen LogP contribution is -2.36. The lowest BCUT2D eigenvalue weighted by molar-refractivity contribution is -0.142. The van der Waals surface area contributed by atoms with E-state index < -0.39 is 0 Å². The van der Waals surface area contributed by atoms with Gasteiger partial charge in [-0.05, 0) is 23.3 Å².